The maximum atomic E-state index is 12.2. The highest BCUT2D eigenvalue weighted by molar-refractivity contribution is 5.93. The average Bonchev–Trinajstić information content (AvgIpc) is 2.85. The first-order valence-electron chi connectivity index (χ1n) is 6.46. The third-order valence-corrected chi connectivity index (χ3v) is 2.66. The van der Waals surface area contributed by atoms with Gasteiger partial charge in [-0.2, -0.15) is 0 Å². The fourth-order valence-corrected chi connectivity index (χ4v) is 1.60. The monoisotopic (exact) mass is 297 g/mol. The van der Waals surface area contributed by atoms with E-state index in [1.807, 2.05) is 6.92 Å². The van der Waals surface area contributed by atoms with E-state index in [9.17, 15) is 14.4 Å². The van der Waals surface area contributed by atoms with E-state index in [4.69, 9.17) is 5.11 Å². The van der Waals surface area contributed by atoms with Gasteiger partial charge >= 0.3 is 5.97 Å². The summed E-state index contributed by atoms with van der Waals surface area (Å²) in [5.74, 6) is -1.79. The minimum atomic E-state index is -1.09. The van der Waals surface area contributed by atoms with Gasteiger partial charge in [0.15, 0.2) is 5.69 Å². The SMILES string of the molecule is CCCN(CC(=O)O)C(=O)c1cn(CC(=O)N(C)C)nn1. The number of nitrogens with zero attached hydrogens (tertiary/aromatic N) is 5. The first kappa shape index (κ1) is 16.6. The molecule has 0 fully saturated rings. The highest BCUT2D eigenvalue weighted by atomic mass is 16.4. The number of carboxylic acids is 1. The molecule has 9 nitrogen and oxygen atoms in total. The van der Waals surface area contributed by atoms with Crippen LogP contribution in [0.4, 0.5) is 0 Å². The lowest BCUT2D eigenvalue weighted by Crippen LogP contribution is -2.36. The first-order chi connectivity index (χ1) is 9.85. The standard InChI is InChI=1S/C12H19N5O4/c1-4-5-16(8-11(19)20)12(21)9-6-17(14-13-9)7-10(18)15(2)3/h6H,4-5,7-8H2,1-3H3,(H,19,20). The van der Waals surface area contributed by atoms with E-state index in [0.29, 0.717) is 13.0 Å². The molecule has 9 heteroatoms. The highest BCUT2D eigenvalue weighted by Crippen LogP contribution is 2.03. The smallest absolute Gasteiger partial charge is 0.323 e. The number of hydrogen-bond acceptors (Lipinski definition) is 5. The maximum Gasteiger partial charge on any atom is 0.323 e. The zero-order chi connectivity index (χ0) is 16.0. The van der Waals surface area contributed by atoms with Crippen LogP contribution in [0.15, 0.2) is 6.20 Å². The van der Waals surface area contributed by atoms with Crippen LogP contribution in [-0.2, 0) is 16.1 Å². The second-order valence-electron chi connectivity index (χ2n) is 4.71. The topological polar surface area (TPSA) is 109 Å². The van der Waals surface area contributed by atoms with Crippen molar-refractivity contribution < 1.29 is 19.5 Å². The van der Waals surface area contributed by atoms with Crippen LogP contribution in [0.25, 0.3) is 0 Å². The van der Waals surface area contributed by atoms with Crippen molar-refractivity contribution in [3.63, 3.8) is 0 Å². The molecule has 116 valence electrons. The Morgan fingerprint density at radius 2 is 2.00 bits per heavy atom. The highest BCUT2D eigenvalue weighted by Gasteiger charge is 2.21. The zero-order valence-corrected chi connectivity index (χ0v) is 12.3. The Morgan fingerprint density at radius 1 is 1.33 bits per heavy atom. The van der Waals surface area contributed by atoms with Crippen molar-refractivity contribution in [2.24, 2.45) is 0 Å². The molecule has 0 aliphatic rings. The van der Waals surface area contributed by atoms with Gasteiger partial charge in [-0.15, -0.1) is 5.10 Å². The van der Waals surface area contributed by atoms with Gasteiger partial charge in [0, 0.05) is 20.6 Å². The van der Waals surface area contributed by atoms with Crippen molar-refractivity contribution in [2.75, 3.05) is 27.2 Å². The summed E-state index contributed by atoms with van der Waals surface area (Å²) in [5.41, 5.74) is 0.0243. The van der Waals surface area contributed by atoms with Crippen LogP contribution in [0.5, 0.6) is 0 Å². The number of carboxylic acid groups (broad SMARTS) is 1. The van der Waals surface area contributed by atoms with E-state index >= 15 is 0 Å². The summed E-state index contributed by atoms with van der Waals surface area (Å²) in [5, 5.41) is 16.2. The van der Waals surface area contributed by atoms with Crippen molar-refractivity contribution in [2.45, 2.75) is 19.9 Å². The largest absolute Gasteiger partial charge is 0.480 e. The van der Waals surface area contributed by atoms with Gasteiger partial charge < -0.3 is 14.9 Å². The third kappa shape index (κ3) is 4.86. The normalized spacial score (nSPS) is 10.2. The van der Waals surface area contributed by atoms with Gasteiger partial charge in [0.1, 0.15) is 13.1 Å². The number of amides is 2. The predicted octanol–water partition coefficient (Wildman–Crippen LogP) is -0.697. The van der Waals surface area contributed by atoms with Crippen molar-refractivity contribution >= 4 is 17.8 Å². The Bertz CT molecular complexity index is 525. The fraction of sp³-hybridized carbons (Fsp3) is 0.583. The van der Waals surface area contributed by atoms with Crippen LogP contribution < -0.4 is 0 Å². The Labute approximate surface area is 122 Å². The molecule has 0 bridgehead atoms. The van der Waals surface area contributed by atoms with Crippen LogP contribution in [0.1, 0.15) is 23.8 Å². The summed E-state index contributed by atoms with van der Waals surface area (Å²) in [6, 6.07) is 0. The molecule has 0 aliphatic carbocycles. The number of carbonyl (C=O) groups excluding carboxylic acids is 2. The van der Waals surface area contributed by atoms with Gasteiger partial charge in [-0.25, -0.2) is 4.68 Å². The minimum absolute atomic E-state index is 0.0243. The van der Waals surface area contributed by atoms with Crippen LogP contribution in [0.3, 0.4) is 0 Å². The molecular formula is C12H19N5O4. The van der Waals surface area contributed by atoms with Gasteiger partial charge in [0.25, 0.3) is 5.91 Å². The summed E-state index contributed by atoms with van der Waals surface area (Å²) >= 11 is 0. The van der Waals surface area contributed by atoms with E-state index in [-0.39, 0.29) is 18.1 Å². The molecular weight excluding hydrogens is 278 g/mol. The molecule has 1 aromatic heterocycles. The van der Waals surface area contributed by atoms with Gasteiger partial charge in [-0.1, -0.05) is 12.1 Å². The third-order valence-electron chi connectivity index (χ3n) is 2.66. The molecule has 0 aromatic carbocycles. The Hall–Kier alpha value is -2.45. The molecule has 0 aliphatic heterocycles. The zero-order valence-electron chi connectivity index (χ0n) is 12.3. The first-order valence-corrected chi connectivity index (χ1v) is 6.46. The number of carbonyl (C=O) groups is 3. The Kier molecular flexibility index (Phi) is 5.82. The molecule has 0 spiro atoms. The number of aromatic nitrogens is 3. The van der Waals surface area contributed by atoms with Crippen molar-refractivity contribution in [3.05, 3.63) is 11.9 Å². The molecule has 1 aromatic rings. The number of aliphatic carboxylic acids is 1. The second kappa shape index (κ2) is 7.36. The maximum absolute atomic E-state index is 12.2. The van der Waals surface area contributed by atoms with Gasteiger partial charge in [-0.05, 0) is 6.42 Å². The second-order valence-corrected chi connectivity index (χ2v) is 4.71. The quantitative estimate of drug-likeness (QED) is 0.713. The molecule has 21 heavy (non-hydrogen) atoms. The van der Waals surface area contributed by atoms with E-state index in [0.717, 1.165) is 0 Å². The van der Waals surface area contributed by atoms with E-state index in [1.165, 1.54) is 20.7 Å². The van der Waals surface area contributed by atoms with Gasteiger partial charge in [0.05, 0.1) is 6.20 Å². The van der Waals surface area contributed by atoms with Crippen LogP contribution in [-0.4, -0.2) is 74.9 Å². The Balaban J connectivity index is 2.79. The van der Waals surface area contributed by atoms with Gasteiger partial charge in [-0.3, -0.25) is 14.4 Å². The lowest BCUT2D eigenvalue weighted by molar-refractivity contribution is -0.137. The van der Waals surface area contributed by atoms with Crippen molar-refractivity contribution in [3.8, 4) is 0 Å². The lowest BCUT2D eigenvalue weighted by Gasteiger charge is -2.18. The van der Waals surface area contributed by atoms with E-state index < -0.39 is 18.4 Å². The number of likely N-dealkylation sites (N-methyl/N-ethyl adjacent to an activating group) is 1. The molecule has 1 rings (SSSR count). The van der Waals surface area contributed by atoms with E-state index in [2.05, 4.69) is 10.3 Å². The summed E-state index contributed by atoms with van der Waals surface area (Å²) in [6.07, 6.45) is 1.97. The number of hydrogen-bond donors (Lipinski definition) is 1. The lowest BCUT2D eigenvalue weighted by atomic mass is 10.3. The molecule has 0 radical (unpaired) electrons. The summed E-state index contributed by atoms with van der Waals surface area (Å²) in [4.78, 5) is 37.0. The molecule has 0 saturated heterocycles. The van der Waals surface area contributed by atoms with Crippen molar-refractivity contribution in [1.82, 2.24) is 24.8 Å². The van der Waals surface area contributed by atoms with E-state index in [1.54, 1.807) is 14.1 Å². The number of rotatable bonds is 7. The van der Waals surface area contributed by atoms with Gasteiger partial charge in [0.2, 0.25) is 5.91 Å². The van der Waals surface area contributed by atoms with Crippen molar-refractivity contribution in [1.29, 1.82) is 0 Å². The summed E-state index contributed by atoms with van der Waals surface area (Å²) < 4.78 is 1.25. The molecule has 1 N–H and O–H groups in total. The summed E-state index contributed by atoms with van der Waals surface area (Å²) in [7, 11) is 3.22. The van der Waals surface area contributed by atoms with Crippen LogP contribution in [0.2, 0.25) is 0 Å². The summed E-state index contributed by atoms with van der Waals surface area (Å²) in [6.45, 7) is 1.74. The fourth-order valence-electron chi connectivity index (χ4n) is 1.60. The molecule has 0 atom stereocenters. The average molecular weight is 297 g/mol. The minimum Gasteiger partial charge on any atom is -0.480 e. The molecule has 1 heterocycles. The predicted molar refractivity (Wildman–Crippen MR) is 72.5 cm³/mol. The van der Waals surface area contributed by atoms with Crippen LogP contribution in [0, 0.1) is 0 Å². The molecule has 2 amide bonds. The Morgan fingerprint density at radius 3 is 2.52 bits per heavy atom. The molecule has 0 saturated carbocycles. The van der Waals surface area contributed by atoms with Crippen LogP contribution >= 0.6 is 0 Å². The molecule has 0 unspecified atom stereocenters.